The van der Waals surface area contributed by atoms with Gasteiger partial charge >= 0.3 is 0 Å². The molecule has 0 saturated carbocycles. The average Bonchev–Trinajstić information content (AvgIpc) is 3.23. The predicted molar refractivity (Wildman–Crippen MR) is 161 cm³/mol. The lowest BCUT2D eigenvalue weighted by molar-refractivity contribution is -0.119. The number of hydrazine groups is 1. The Hall–Kier alpha value is -4.87. The number of benzene rings is 3. The van der Waals surface area contributed by atoms with Gasteiger partial charge in [0.05, 0.1) is 30.5 Å². The van der Waals surface area contributed by atoms with E-state index in [1.165, 1.54) is 5.01 Å². The van der Waals surface area contributed by atoms with Crippen LogP contribution in [0.1, 0.15) is 38.3 Å². The summed E-state index contributed by atoms with van der Waals surface area (Å²) in [6.07, 6.45) is 2.25. The van der Waals surface area contributed by atoms with Crippen LogP contribution in [0.5, 0.6) is 5.75 Å². The molecule has 3 aromatic rings. The van der Waals surface area contributed by atoms with Crippen LogP contribution in [0.3, 0.4) is 0 Å². The topological polar surface area (TPSA) is 119 Å². The molecule has 1 heterocycles. The molecular formula is C31H35N7O4. The molecule has 0 fully saturated rings. The van der Waals surface area contributed by atoms with Crippen LogP contribution in [-0.2, 0) is 11.3 Å². The predicted octanol–water partition coefficient (Wildman–Crippen LogP) is 2.76. The Morgan fingerprint density at radius 2 is 1.62 bits per heavy atom. The second-order valence-corrected chi connectivity index (χ2v) is 9.85. The van der Waals surface area contributed by atoms with Crippen molar-refractivity contribution in [1.82, 2.24) is 25.7 Å². The summed E-state index contributed by atoms with van der Waals surface area (Å²) in [5, 5.41) is 9.44. The highest BCUT2D eigenvalue weighted by Crippen LogP contribution is 2.20. The molecule has 3 aromatic carbocycles. The Morgan fingerprint density at radius 3 is 2.31 bits per heavy atom. The molecule has 0 saturated heterocycles. The lowest BCUT2D eigenvalue weighted by Gasteiger charge is -2.19. The van der Waals surface area contributed by atoms with Crippen LogP contribution in [0.4, 0.5) is 0 Å². The molecule has 0 radical (unpaired) electrons. The van der Waals surface area contributed by atoms with Gasteiger partial charge in [0.2, 0.25) is 11.9 Å². The fourth-order valence-corrected chi connectivity index (χ4v) is 4.16. The van der Waals surface area contributed by atoms with Gasteiger partial charge in [0, 0.05) is 26.6 Å². The van der Waals surface area contributed by atoms with Gasteiger partial charge in [-0.25, -0.2) is 15.4 Å². The van der Waals surface area contributed by atoms with Gasteiger partial charge in [-0.3, -0.25) is 24.7 Å². The third-order valence-electron chi connectivity index (χ3n) is 6.16. The second kappa shape index (κ2) is 14.7. The number of nitrogens with one attached hydrogen (secondary N) is 2. The van der Waals surface area contributed by atoms with E-state index in [1.54, 1.807) is 37.5 Å². The normalized spacial score (nSPS) is 13.1. The van der Waals surface area contributed by atoms with Crippen molar-refractivity contribution in [2.45, 2.75) is 13.0 Å². The van der Waals surface area contributed by atoms with E-state index in [2.05, 4.69) is 31.8 Å². The Balaban J connectivity index is 1.35. The molecule has 4 rings (SSSR count). The standard InChI is InChI=1S/C31H35N7O4/c1-36(2)22-24-13-9-14-25(19-24)42-18-10-17-32-31(37(3)33-20-23-11-5-4-6-12-23)35-28(39)21-34-38-29(40)26-15-7-8-16-27(26)30(38)41/h4-9,11-16,19-20,34H,10,17-18,21-22H2,1-3H3,(H,32,35,39)/b33-20+. The van der Waals surface area contributed by atoms with Crippen molar-refractivity contribution in [3.05, 3.63) is 101 Å². The number of carbonyl (C=O) groups excluding carboxylic acids is 3. The minimum absolute atomic E-state index is 0.212. The van der Waals surface area contributed by atoms with E-state index < -0.39 is 17.7 Å². The van der Waals surface area contributed by atoms with E-state index in [9.17, 15) is 14.4 Å². The molecule has 0 aliphatic carbocycles. The molecule has 0 unspecified atom stereocenters. The van der Waals surface area contributed by atoms with Gasteiger partial charge in [-0.05, 0) is 49.5 Å². The van der Waals surface area contributed by atoms with Gasteiger partial charge in [-0.2, -0.15) is 5.10 Å². The Bertz CT molecular complexity index is 1420. The Kier molecular flexibility index (Phi) is 10.5. The van der Waals surface area contributed by atoms with Crippen LogP contribution >= 0.6 is 0 Å². The van der Waals surface area contributed by atoms with Crippen molar-refractivity contribution in [3.63, 3.8) is 0 Å². The number of carbonyl (C=O) groups is 3. The average molecular weight is 570 g/mol. The molecule has 0 atom stereocenters. The van der Waals surface area contributed by atoms with E-state index in [0.717, 1.165) is 28.4 Å². The zero-order chi connectivity index (χ0) is 29.9. The lowest BCUT2D eigenvalue weighted by atomic mass is 10.1. The van der Waals surface area contributed by atoms with Crippen molar-refractivity contribution >= 4 is 29.9 Å². The summed E-state index contributed by atoms with van der Waals surface area (Å²) in [5.41, 5.74) is 5.25. The third-order valence-corrected chi connectivity index (χ3v) is 6.16. The van der Waals surface area contributed by atoms with Crippen LogP contribution in [0, 0.1) is 0 Å². The van der Waals surface area contributed by atoms with E-state index in [4.69, 9.17) is 4.74 Å². The second-order valence-electron chi connectivity index (χ2n) is 9.85. The molecular weight excluding hydrogens is 534 g/mol. The number of hydrogen-bond acceptors (Lipinski definition) is 8. The Morgan fingerprint density at radius 1 is 0.929 bits per heavy atom. The maximum Gasteiger partial charge on any atom is 0.276 e. The summed E-state index contributed by atoms with van der Waals surface area (Å²) in [6.45, 7) is 1.30. The molecule has 1 aliphatic heterocycles. The SMILES string of the molecule is CN(C)Cc1cccc(OCCCN=C(NC(=O)CNN2C(=O)c3ccccc3C2=O)N(C)/N=C/c2ccccc2)c1. The zero-order valence-electron chi connectivity index (χ0n) is 24.0. The fourth-order valence-electron chi connectivity index (χ4n) is 4.16. The molecule has 218 valence electrons. The van der Waals surface area contributed by atoms with E-state index in [1.807, 2.05) is 62.6 Å². The molecule has 11 nitrogen and oxygen atoms in total. The van der Waals surface area contributed by atoms with Gasteiger partial charge in [-0.15, -0.1) is 0 Å². The number of aliphatic imine (C=N–C) groups is 1. The minimum atomic E-state index is -0.505. The third kappa shape index (κ3) is 8.32. The van der Waals surface area contributed by atoms with Crippen molar-refractivity contribution in [3.8, 4) is 5.75 Å². The number of nitrogens with zero attached hydrogens (tertiary/aromatic N) is 5. The molecule has 11 heteroatoms. The number of guanidine groups is 1. The largest absolute Gasteiger partial charge is 0.494 e. The summed E-state index contributed by atoms with van der Waals surface area (Å²) in [4.78, 5) is 44.7. The van der Waals surface area contributed by atoms with Crippen molar-refractivity contribution < 1.29 is 19.1 Å². The summed E-state index contributed by atoms with van der Waals surface area (Å²) in [7, 11) is 5.70. The van der Waals surface area contributed by atoms with E-state index in [-0.39, 0.29) is 12.5 Å². The molecule has 1 aliphatic rings. The smallest absolute Gasteiger partial charge is 0.276 e. The quantitative estimate of drug-likeness (QED) is 0.113. The Labute approximate surface area is 245 Å². The maximum absolute atomic E-state index is 12.8. The molecule has 3 amide bonds. The van der Waals surface area contributed by atoms with Crippen molar-refractivity contribution in [2.75, 3.05) is 40.8 Å². The minimum Gasteiger partial charge on any atom is -0.494 e. The van der Waals surface area contributed by atoms with E-state index in [0.29, 0.717) is 30.7 Å². The van der Waals surface area contributed by atoms with Crippen LogP contribution in [-0.4, -0.2) is 85.7 Å². The number of hydrogen-bond donors (Lipinski definition) is 2. The van der Waals surface area contributed by atoms with Gasteiger partial charge in [0.1, 0.15) is 5.75 Å². The lowest BCUT2D eigenvalue weighted by Crippen LogP contribution is -2.49. The van der Waals surface area contributed by atoms with Crippen LogP contribution in [0.15, 0.2) is 89.0 Å². The van der Waals surface area contributed by atoms with Crippen molar-refractivity contribution in [2.24, 2.45) is 10.1 Å². The van der Waals surface area contributed by atoms with Gasteiger partial charge < -0.3 is 9.64 Å². The molecule has 2 N–H and O–H groups in total. The van der Waals surface area contributed by atoms with Crippen LogP contribution < -0.4 is 15.5 Å². The highest BCUT2D eigenvalue weighted by molar-refractivity contribution is 6.21. The fraction of sp³-hybridized carbons (Fsp3) is 0.258. The van der Waals surface area contributed by atoms with Gasteiger partial charge in [-0.1, -0.05) is 54.6 Å². The number of rotatable bonds is 12. The summed E-state index contributed by atoms with van der Waals surface area (Å²) < 4.78 is 5.90. The first-order valence-corrected chi connectivity index (χ1v) is 13.6. The summed E-state index contributed by atoms with van der Waals surface area (Å²) in [6, 6.07) is 24.0. The van der Waals surface area contributed by atoms with Crippen LogP contribution in [0.25, 0.3) is 0 Å². The molecule has 42 heavy (non-hydrogen) atoms. The first-order valence-electron chi connectivity index (χ1n) is 13.6. The number of imide groups is 1. The maximum atomic E-state index is 12.8. The molecule has 0 bridgehead atoms. The van der Waals surface area contributed by atoms with Crippen LogP contribution in [0.2, 0.25) is 0 Å². The van der Waals surface area contributed by atoms with Crippen molar-refractivity contribution in [1.29, 1.82) is 0 Å². The number of fused-ring (bicyclic) bond motifs is 1. The van der Waals surface area contributed by atoms with Gasteiger partial charge in [0.15, 0.2) is 0 Å². The summed E-state index contributed by atoms with van der Waals surface area (Å²) >= 11 is 0. The monoisotopic (exact) mass is 569 g/mol. The summed E-state index contributed by atoms with van der Waals surface area (Å²) in [5.74, 6) is -0.510. The zero-order valence-corrected chi connectivity index (χ0v) is 24.0. The molecule has 0 spiro atoms. The highest BCUT2D eigenvalue weighted by atomic mass is 16.5. The first-order chi connectivity index (χ1) is 20.3. The first kappa shape index (κ1) is 30.1. The number of ether oxygens (including phenoxy) is 1. The van der Waals surface area contributed by atoms with E-state index >= 15 is 0 Å². The molecule has 0 aromatic heterocycles. The van der Waals surface area contributed by atoms with Gasteiger partial charge in [0.25, 0.3) is 11.8 Å². The number of amides is 3. The highest BCUT2D eigenvalue weighted by Gasteiger charge is 2.35. The number of hydrazone groups is 1.